The molecule has 2 atom stereocenters. The number of anilines is 1. The van der Waals surface area contributed by atoms with Crippen LogP contribution in [0.25, 0.3) is 0 Å². The van der Waals surface area contributed by atoms with Crippen molar-refractivity contribution in [3.8, 4) is 0 Å². The van der Waals surface area contributed by atoms with Crippen molar-refractivity contribution in [2.45, 2.75) is 45.6 Å². The first-order valence-corrected chi connectivity index (χ1v) is 9.45. The van der Waals surface area contributed by atoms with Crippen molar-refractivity contribution in [3.05, 3.63) is 23.4 Å². The summed E-state index contributed by atoms with van der Waals surface area (Å²) in [5.74, 6) is 2.56. The second kappa shape index (κ2) is 6.61. The fourth-order valence-corrected chi connectivity index (χ4v) is 4.60. The molecule has 0 aromatic carbocycles. The van der Waals surface area contributed by atoms with Crippen LogP contribution < -0.4 is 10.2 Å². The van der Waals surface area contributed by atoms with Gasteiger partial charge in [-0.15, -0.1) is 0 Å². The Labute approximate surface area is 144 Å². The van der Waals surface area contributed by atoms with Gasteiger partial charge < -0.3 is 15.1 Å². The predicted molar refractivity (Wildman–Crippen MR) is 95.1 cm³/mol. The molecule has 24 heavy (non-hydrogen) atoms. The van der Waals surface area contributed by atoms with Crippen LogP contribution in [0, 0.1) is 18.8 Å². The minimum absolute atomic E-state index is 0.0948. The number of urea groups is 1. The van der Waals surface area contributed by atoms with Gasteiger partial charge in [-0.1, -0.05) is 12.5 Å². The first-order valence-electron chi connectivity index (χ1n) is 9.45. The molecule has 1 N–H and O–H groups in total. The van der Waals surface area contributed by atoms with Gasteiger partial charge in [-0.2, -0.15) is 0 Å². The summed E-state index contributed by atoms with van der Waals surface area (Å²) < 4.78 is 0. The highest BCUT2D eigenvalue weighted by Crippen LogP contribution is 2.37. The van der Waals surface area contributed by atoms with Crippen molar-refractivity contribution >= 4 is 11.8 Å². The quantitative estimate of drug-likeness (QED) is 0.928. The normalized spacial score (nSPS) is 26.0. The minimum Gasteiger partial charge on any atom is -0.356 e. The molecule has 1 aromatic rings. The molecule has 130 valence electrons. The van der Waals surface area contributed by atoms with E-state index < -0.39 is 0 Å². The van der Waals surface area contributed by atoms with Gasteiger partial charge in [-0.3, -0.25) is 0 Å². The number of pyridine rings is 1. The molecular weight excluding hydrogens is 300 g/mol. The van der Waals surface area contributed by atoms with Crippen molar-refractivity contribution in [1.82, 2.24) is 15.2 Å². The average Bonchev–Trinajstić information content (AvgIpc) is 3.29. The average molecular weight is 328 g/mol. The van der Waals surface area contributed by atoms with E-state index >= 15 is 0 Å². The number of nitrogens with zero attached hydrogens (tertiary/aromatic N) is 3. The molecule has 1 aliphatic carbocycles. The summed E-state index contributed by atoms with van der Waals surface area (Å²) in [5, 5.41) is 3.13. The largest absolute Gasteiger partial charge is 0.356 e. The van der Waals surface area contributed by atoms with E-state index in [0.717, 1.165) is 55.1 Å². The van der Waals surface area contributed by atoms with Crippen molar-refractivity contribution in [3.63, 3.8) is 0 Å². The first kappa shape index (κ1) is 15.7. The van der Waals surface area contributed by atoms with E-state index in [1.165, 1.54) is 32.1 Å². The molecule has 5 nitrogen and oxygen atoms in total. The molecule has 5 heteroatoms. The summed E-state index contributed by atoms with van der Waals surface area (Å²) in [7, 11) is 0. The molecule has 1 aromatic heterocycles. The maximum Gasteiger partial charge on any atom is 0.317 e. The van der Waals surface area contributed by atoms with E-state index in [1.54, 1.807) is 0 Å². The minimum atomic E-state index is 0.0948. The fraction of sp³-hybridized carbons (Fsp3) is 0.684. The monoisotopic (exact) mass is 328 g/mol. The third kappa shape index (κ3) is 3.08. The van der Waals surface area contributed by atoms with Crippen LogP contribution in [-0.2, 0) is 6.54 Å². The second-order valence-corrected chi connectivity index (χ2v) is 7.64. The Morgan fingerprint density at radius 3 is 2.58 bits per heavy atom. The van der Waals surface area contributed by atoms with Gasteiger partial charge in [0, 0.05) is 44.0 Å². The van der Waals surface area contributed by atoms with Gasteiger partial charge in [0.1, 0.15) is 5.82 Å². The molecule has 0 bridgehead atoms. The summed E-state index contributed by atoms with van der Waals surface area (Å²) in [6, 6.07) is 4.26. The van der Waals surface area contributed by atoms with Gasteiger partial charge in [0.15, 0.2) is 0 Å². The molecule has 2 amide bonds. The van der Waals surface area contributed by atoms with E-state index in [9.17, 15) is 4.79 Å². The lowest BCUT2D eigenvalue weighted by molar-refractivity contribution is 0.204. The number of carbonyl (C=O) groups excluding carboxylic acids is 1. The van der Waals surface area contributed by atoms with Crippen LogP contribution in [0.4, 0.5) is 10.6 Å². The van der Waals surface area contributed by atoms with Gasteiger partial charge in [-0.25, -0.2) is 9.78 Å². The number of aryl methyl sites for hydroxylation is 1. The number of likely N-dealkylation sites (tertiary alicyclic amines) is 1. The van der Waals surface area contributed by atoms with Crippen LogP contribution in [0.1, 0.15) is 43.4 Å². The molecule has 3 aliphatic rings. The smallest absolute Gasteiger partial charge is 0.317 e. The Bertz CT molecular complexity index is 599. The maximum atomic E-state index is 12.5. The zero-order valence-electron chi connectivity index (χ0n) is 14.6. The second-order valence-electron chi connectivity index (χ2n) is 7.64. The molecular formula is C19H28N4O. The molecule has 2 saturated heterocycles. The van der Waals surface area contributed by atoms with Gasteiger partial charge in [0.25, 0.3) is 0 Å². The third-order valence-electron chi connectivity index (χ3n) is 5.94. The third-order valence-corrected chi connectivity index (χ3v) is 5.94. The number of rotatable bonds is 3. The Hall–Kier alpha value is -1.78. The standard InChI is InChI=1S/C19H28N4O/c1-14-7-8-15(18(21-14)22-9-2-3-10-22)11-20-19(24)23-12-16-5-4-6-17(16)13-23/h7-8,16-17H,2-6,9-13H2,1H3,(H,20,24)/t16-,17+. The SMILES string of the molecule is Cc1ccc(CNC(=O)N2C[C@H]3CCC[C@H]3C2)c(N2CCCC2)n1. The Morgan fingerprint density at radius 1 is 1.17 bits per heavy atom. The highest BCUT2D eigenvalue weighted by Gasteiger charge is 2.37. The molecule has 3 heterocycles. The Morgan fingerprint density at radius 2 is 1.88 bits per heavy atom. The van der Waals surface area contributed by atoms with Crippen molar-refractivity contribution in [2.75, 3.05) is 31.1 Å². The predicted octanol–water partition coefficient (Wildman–Crippen LogP) is 2.93. The number of aromatic nitrogens is 1. The summed E-state index contributed by atoms with van der Waals surface area (Å²) in [5.41, 5.74) is 2.18. The molecule has 3 fully saturated rings. The summed E-state index contributed by atoms with van der Waals surface area (Å²) in [6.07, 6.45) is 6.42. The Balaban J connectivity index is 1.39. The Kier molecular flexibility index (Phi) is 4.33. The van der Waals surface area contributed by atoms with Gasteiger partial charge in [0.2, 0.25) is 0 Å². The zero-order chi connectivity index (χ0) is 16.5. The highest BCUT2D eigenvalue weighted by molar-refractivity contribution is 5.74. The van der Waals surface area contributed by atoms with E-state index in [0.29, 0.717) is 6.54 Å². The fourth-order valence-electron chi connectivity index (χ4n) is 4.60. The molecule has 2 aliphatic heterocycles. The number of carbonyl (C=O) groups is 1. The van der Waals surface area contributed by atoms with Crippen molar-refractivity contribution in [2.24, 2.45) is 11.8 Å². The van der Waals surface area contributed by atoms with Crippen LogP contribution in [0.2, 0.25) is 0 Å². The molecule has 0 radical (unpaired) electrons. The van der Waals surface area contributed by atoms with E-state index in [4.69, 9.17) is 4.98 Å². The lowest BCUT2D eigenvalue weighted by Crippen LogP contribution is -2.39. The number of amides is 2. The zero-order valence-corrected chi connectivity index (χ0v) is 14.6. The van der Waals surface area contributed by atoms with Crippen LogP contribution in [-0.4, -0.2) is 42.1 Å². The van der Waals surface area contributed by atoms with Crippen molar-refractivity contribution < 1.29 is 4.79 Å². The van der Waals surface area contributed by atoms with Gasteiger partial charge in [0.05, 0.1) is 0 Å². The lowest BCUT2D eigenvalue weighted by Gasteiger charge is -2.22. The molecule has 0 spiro atoms. The topological polar surface area (TPSA) is 48.5 Å². The lowest BCUT2D eigenvalue weighted by atomic mass is 10.0. The van der Waals surface area contributed by atoms with E-state index in [2.05, 4.69) is 16.3 Å². The van der Waals surface area contributed by atoms with Crippen LogP contribution >= 0.6 is 0 Å². The number of nitrogens with one attached hydrogen (secondary N) is 1. The van der Waals surface area contributed by atoms with Gasteiger partial charge >= 0.3 is 6.03 Å². The number of hydrogen-bond donors (Lipinski definition) is 1. The van der Waals surface area contributed by atoms with Gasteiger partial charge in [-0.05, 0) is 50.5 Å². The summed E-state index contributed by atoms with van der Waals surface area (Å²) >= 11 is 0. The maximum absolute atomic E-state index is 12.5. The molecule has 0 unspecified atom stereocenters. The number of hydrogen-bond acceptors (Lipinski definition) is 3. The van der Waals surface area contributed by atoms with Crippen molar-refractivity contribution in [1.29, 1.82) is 0 Å². The van der Waals surface area contributed by atoms with Crippen LogP contribution in [0.3, 0.4) is 0 Å². The summed E-state index contributed by atoms with van der Waals surface area (Å²) in [4.78, 5) is 21.6. The highest BCUT2D eigenvalue weighted by atomic mass is 16.2. The van der Waals surface area contributed by atoms with Crippen LogP contribution in [0.5, 0.6) is 0 Å². The first-order chi connectivity index (χ1) is 11.7. The van der Waals surface area contributed by atoms with E-state index in [-0.39, 0.29) is 6.03 Å². The number of fused-ring (bicyclic) bond motifs is 1. The van der Waals surface area contributed by atoms with Crippen LogP contribution in [0.15, 0.2) is 12.1 Å². The van der Waals surface area contributed by atoms with E-state index in [1.807, 2.05) is 17.9 Å². The molecule has 1 saturated carbocycles. The summed E-state index contributed by atoms with van der Waals surface area (Å²) in [6.45, 7) is 6.65. The molecule has 4 rings (SSSR count).